The molecule has 0 aromatic heterocycles. The second kappa shape index (κ2) is 5.09. The maximum absolute atomic E-state index is 12.7. The van der Waals surface area contributed by atoms with Crippen LogP contribution >= 0.6 is 0 Å². The highest BCUT2D eigenvalue weighted by molar-refractivity contribution is 5.76. The molecule has 2 heteroatoms. The van der Waals surface area contributed by atoms with Gasteiger partial charge in [0.05, 0.1) is 5.92 Å². The lowest BCUT2D eigenvalue weighted by Gasteiger charge is -2.62. The molecule has 2 atom stereocenters. The van der Waals surface area contributed by atoms with Gasteiger partial charge in [0, 0.05) is 11.8 Å². The minimum Gasteiger partial charge on any atom is -0.453 e. The first-order chi connectivity index (χ1) is 11.6. The van der Waals surface area contributed by atoms with Gasteiger partial charge in [0.15, 0.2) is 0 Å². The van der Waals surface area contributed by atoms with Crippen molar-refractivity contribution in [3.63, 3.8) is 0 Å². The van der Waals surface area contributed by atoms with Crippen LogP contribution in [-0.2, 0) is 15.1 Å². The number of hydrogen-bond acceptors (Lipinski definition) is 2. The van der Waals surface area contributed by atoms with E-state index in [0.29, 0.717) is 0 Å². The van der Waals surface area contributed by atoms with Crippen molar-refractivity contribution >= 4 is 5.97 Å². The Morgan fingerprint density at radius 3 is 2.04 bits per heavy atom. The smallest absolute Gasteiger partial charge is 0.310 e. The zero-order valence-corrected chi connectivity index (χ0v) is 14.7. The highest BCUT2D eigenvalue weighted by atomic mass is 16.6. The van der Waals surface area contributed by atoms with E-state index < -0.39 is 0 Å². The fourth-order valence-corrected chi connectivity index (χ4v) is 7.16. The van der Waals surface area contributed by atoms with Gasteiger partial charge in [-0.3, -0.25) is 4.79 Å². The fourth-order valence-electron chi connectivity index (χ4n) is 7.16. The van der Waals surface area contributed by atoms with Crippen molar-refractivity contribution in [3.8, 4) is 0 Å². The van der Waals surface area contributed by atoms with Gasteiger partial charge in [-0.2, -0.15) is 0 Å². The van der Waals surface area contributed by atoms with E-state index in [9.17, 15) is 4.79 Å². The van der Waals surface area contributed by atoms with Crippen LogP contribution in [0.4, 0.5) is 0 Å². The molecule has 1 aliphatic heterocycles. The predicted octanol–water partition coefficient (Wildman–Crippen LogP) is 5.07. The van der Waals surface area contributed by atoms with Crippen LogP contribution in [0.3, 0.4) is 0 Å². The minimum absolute atomic E-state index is 0.0529. The molecule has 2 unspecified atom stereocenters. The Bertz CT molecular complexity index is 614. The highest BCUT2D eigenvalue weighted by Gasteiger charge is 2.65. The van der Waals surface area contributed by atoms with Gasteiger partial charge in [-0.25, -0.2) is 0 Å². The Hall–Kier alpha value is -1.31. The van der Waals surface area contributed by atoms with Crippen LogP contribution in [0.2, 0.25) is 0 Å². The number of benzene rings is 1. The standard InChI is InChI=1S/C22H28O2/c1-2-18-14-22(24-20(18)23,19-6-4-3-5-7-19)21-11-15-8-16(12-21)10-17(9-15)13-21/h3-7,15-18H,2,8-14H2,1H3. The number of carbonyl (C=O) groups is 1. The van der Waals surface area contributed by atoms with Crippen LogP contribution in [0.25, 0.3) is 0 Å². The van der Waals surface area contributed by atoms with E-state index in [1.54, 1.807) is 0 Å². The van der Waals surface area contributed by atoms with Gasteiger partial charge < -0.3 is 4.74 Å². The van der Waals surface area contributed by atoms with Gasteiger partial charge in [0.1, 0.15) is 5.60 Å². The molecule has 5 aliphatic rings. The van der Waals surface area contributed by atoms with Crippen molar-refractivity contribution in [3.05, 3.63) is 35.9 Å². The predicted molar refractivity (Wildman–Crippen MR) is 93.2 cm³/mol. The molecule has 0 amide bonds. The van der Waals surface area contributed by atoms with Crippen molar-refractivity contribution in [2.45, 2.75) is 63.9 Å². The molecule has 5 fully saturated rings. The van der Waals surface area contributed by atoms with E-state index in [4.69, 9.17) is 4.74 Å². The monoisotopic (exact) mass is 324 g/mol. The number of rotatable bonds is 3. The van der Waals surface area contributed by atoms with E-state index in [1.807, 2.05) is 0 Å². The van der Waals surface area contributed by atoms with Crippen LogP contribution in [-0.4, -0.2) is 5.97 Å². The van der Waals surface area contributed by atoms with Gasteiger partial charge in [0.25, 0.3) is 0 Å². The minimum atomic E-state index is -0.359. The lowest BCUT2D eigenvalue weighted by molar-refractivity contribution is -0.198. The third kappa shape index (κ3) is 1.92. The Kier molecular flexibility index (Phi) is 3.18. The highest BCUT2D eigenvalue weighted by Crippen LogP contribution is 2.69. The molecule has 2 nitrogen and oxygen atoms in total. The Morgan fingerprint density at radius 1 is 0.958 bits per heavy atom. The van der Waals surface area contributed by atoms with Gasteiger partial charge in [-0.05, 0) is 68.3 Å². The molecule has 4 bridgehead atoms. The second-order valence-corrected chi connectivity index (χ2v) is 9.12. The first-order valence-corrected chi connectivity index (χ1v) is 9.92. The van der Waals surface area contributed by atoms with Gasteiger partial charge >= 0.3 is 5.97 Å². The van der Waals surface area contributed by atoms with Crippen LogP contribution < -0.4 is 0 Å². The zero-order chi connectivity index (χ0) is 16.4. The Morgan fingerprint density at radius 2 is 1.54 bits per heavy atom. The second-order valence-electron chi connectivity index (χ2n) is 9.12. The summed E-state index contributed by atoms with van der Waals surface area (Å²) in [6.07, 6.45) is 9.91. The van der Waals surface area contributed by atoms with Crippen molar-refractivity contribution in [2.75, 3.05) is 0 Å². The summed E-state index contributed by atoms with van der Waals surface area (Å²) in [4.78, 5) is 12.7. The molecular weight excluding hydrogens is 296 g/mol. The lowest BCUT2D eigenvalue weighted by atomic mass is 9.44. The van der Waals surface area contributed by atoms with Crippen molar-refractivity contribution < 1.29 is 9.53 Å². The summed E-state index contributed by atoms with van der Waals surface area (Å²) >= 11 is 0. The zero-order valence-electron chi connectivity index (χ0n) is 14.7. The molecule has 24 heavy (non-hydrogen) atoms. The number of hydrogen-bond donors (Lipinski definition) is 0. The molecule has 4 saturated carbocycles. The lowest BCUT2D eigenvalue weighted by Crippen LogP contribution is -2.56. The Labute approximate surface area is 145 Å². The molecule has 6 rings (SSSR count). The molecule has 1 saturated heterocycles. The fraction of sp³-hybridized carbons (Fsp3) is 0.682. The summed E-state index contributed by atoms with van der Waals surface area (Å²) in [5.74, 6) is 2.75. The molecule has 4 aliphatic carbocycles. The average molecular weight is 324 g/mol. The van der Waals surface area contributed by atoms with Crippen LogP contribution in [0.1, 0.15) is 63.9 Å². The van der Waals surface area contributed by atoms with Gasteiger partial charge in [-0.15, -0.1) is 0 Å². The summed E-state index contributed by atoms with van der Waals surface area (Å²) in [5, 5.41) is 0. The summed E-state index contributed by atoms with van der Waals surface area (Å²) in [5.41, 5.74) is 1.10. The average Bonchev–Trinajstić information content (AvgIpc) is 2.93. The number of esters is 1. The number of cyclic esters (lactones) is 1. The molecule has 0 N–H and O–H groups in total. The Balaban J connectivity index is 1.64. The number of ether oxygens (including phenoxy) is 1. The summed E-state index contributed by atoms with van der Waals surface area (Å²) in [7, 11) is 0. The molecule has 0 spiro atoms. The van der Waals surface area contributed by atoms with Gasteiger partial charge in [0.2, 0.25) is 0 Å². The van der Waals surface area contributed by atoms with Crippen molar-refractivity contribution in [1.82, 2.24) is 0 Å². The summed E-state index contributed by atoms with van der Waals surface area (Å²) < 4.78 is 6.38. The topological polar surface area (TPSA) is 26.3 Å². The molecular formula is C22H28O2. The quantitative estimate of drug-likeness (QED) is 0.725. The normalized spacial score (nSPS) is 46.3. The maximum atomic E-state index is 12.7. The van der Waals surface area contributed by atoms with E-state index >= 15 is 0 Å². The van der Waals surface area contributed by atoms with E-state index in [1.165, 1.54) is 44.1 Å². The van der Waals surface area contributed by atoms with E-state index in [0.717, 1.165) is 30.6 Å². The molecule has 1 aromatic carbocycles. The van der Waals surface area contributed by atoms with E-state index in [2.05, 4.69) is 37.3 Å². The first-order valence-electron chi connectivity index (χ1n) is 9.92. The van der Waals surface area contributed by atoms with Gasteiger partial charge in [-0.1, -0.05) is 37.3 Å². The number of carbonyl (C=O) groups excluding carboxylic acids is 1. The molecule has 0 radical (unpaired) electrons. The van der Waals surface area contributed by atoms with Crippen LogP contribution in [0, 0.1) is 29.1 Å². The first kappa shape index (κ1) is 15.0. The molecule has 1 heterocycles. The summed E-state index contributed by atoms with van der Waals surface area (Å²) in [6.45, 7) is 2.13. The SMILES string of the molecule is CCC1CC(c2ccccc2)(C23CC4CC(CC(C4)C2)C3)OC1=O. The van der Waals surface area contributed by atoms with Crippen molar-refractivity contribution in [2.24, 2.45) is 29.1 Å². The van der Waals surface area contributed by atoms with Crippen molar-refractivity contribution in [1.29, 1.82) is 0 Å². The van der Waals surface area contributed by atoms with Crippen LogP contribution in [0.15, 0.2) is 30.3 Å². The van der Waals surface area contributed by atoms with Crippen LogP contribution in [0.5, 0.6) is 0 Å². The third-order valence-electron chi connectivity index (χ3n) is 7.77. The summed E-state index contributed by atoms with van der Waals surface area (Å²) in [6, 6.07) is 10.7. The molecule has 1 aromatic rings. The molecule has 128 valence electrons. The maximum Gasteiger partial charge on any atom is 0.310 e. The van der Waals surface area contributed by atoms with E-state index in [-0.39, 0.29) is 22.9 Å². The third-order valence-corrected chi connectivity index (χ3v) is 7.77. The largest absolute Gasteiger partial charge is 0.453 e.